The Labute approximate surface area is 262 Å². The van der Waals surface area contributed by atoms with Gasteiger partial charge in [0.25, 0.3) is 0 Å². The highest BCUT2D eigenvalue weighted by Gasteiger charge is 2.34. The first-order chi connectivity index (χ1) is 21.4. The van der Waals surface area contributed by atoms with Crippen molar-refractivity contribution in [1.82, 2.24) is 0 Å². The molecular weight excluding hydrogens is 576 g/mol. The molecule has 8 heteroatoms. The van der Waals surface area contributed by atoms with Gasteiger partial charge in [-0.15, -0.1) is 0 Å². The molecule has 0 heterocycles. The van der Waals surface area contributed by atoms with E-state index in [9.17, 15) is 14.4 Å². The molecule has 1 saturated carbocycles. The lowest BCUT2D eigenvalue weighted by atomic mass is 10.00. The summed E-state index contributed by atoms with van der Waals surface area (Å²) < 4.78 is 11.0. The summed E-state index contributed by atoms with van der Waals surface area (Å²) in [6, 6.07) is 30.4. The first-order valence-electron chi connectivity index (χ1n) is 14.7. The molecule has 226 valence electrons. The maximum Gasteiger partial charge on any atom is 0.328 e. The number of methoxy groups -OCH3 is 1. The molecule has 1 aliphatic rings. The number of esters is 1. The van der Waals surface area contributed by atoms with Crippen LogP contribution in [-0.2, 0) is 20.7 Å². The molecule has 4 aromatic rings. The van der Waals surface area contributed by atoms with Crippen LogP contribution in [0.5, 0.6) is 5.75 Å². The lowest BCUT2D eigenvalue weighted by Crippen LogP contribution is -2.33. The van der Waals surface area contributed by atoms with Crippen LogP contribution in [0.25, 0.3) is 0 Å². The molecule has 1 amide bonds. The van der Waals surface area contributed by atoms with Crippen molar-refractivity contribution in [2.24, 2.45) is 5.92 Å². The van der Waals surface area contributed by atoms with E-state index in [1.165, 1.54) is 7.11 Å². The highest BCUT2D eigenvalue weighted by Crippen LogP contribution is 2.33. The molecule has 1 aliphatic carbocycles. The fraction of sp³-hybridized carbons (Fsp3) is 0.250. The number of rotatable bonds is 14. The van der Waals surface area contributed by atoms with Gasteiger partial charge in [0.15, 0.2) is 5.78 Å². The number of hydrogen-bond donors (Lipinski definition) is 1. The Morgan fingerprint density at radius 2 is 1.57 bits per heavy atom. The van der Waals surface area contributed by atoms with Crippen molar-refractivity contribution in [3.8, 4) is 5.75 Å². The quantitative estimate of drug-likeness (QED) is 0.0942. The van der Waals surface area contributed by atoms with Gasteiger partial charge in [-0.3, -0.25) is 9.59 Å². The average Bonchev–Trinajstić information content (AvgIpc) is 3.91. The van der Waals surface area contributed by atoms with Crippen LogP contribution in [0.2, 0.25) is 5.02 Å². The largest absolute Gasteiger partial charge is 0.494 e. The minimum absolute atomic E-state index is 0.111. The number of carbonyl (C=O) groups excluding carboxylic acids is 3. The summed E-state index contributed by atoms with van der Waals surface area (Å²) in [6.45, 7) is 0.996. The molecule has 1 unspecified atom stereocenters. The van der Waals surface area contributed by atoms with Crippen LogP contribution in [-0.4, -0.2) is 44.0 Å². The fourth-order valence-electron chi connectivity index (χ4n) is 4.98. The van der Waals surface area contributed by atoms with E-state index in [0.717, 1.165) is 24.1 Å². The Kier molecular flexibility index (Phi) is 10.3. The summed E-state index contributed by atoms with van der Waals surface area (Å²) >= 11 is 6.04. The van der Waals surface area contributed by atoms with Gasteiger partial charge in [0.2, 0.25) is 5.91 Å². The lowest BCUT2D eigenvalue weighted by molar-refractivity contribution is -0.141. The van der Waals surface area contributed by atoms with Crippen LogP contribution in [0.4, 0.5) is 11.4 Å². The summed E-state index contributed by atoms with van der Waals surface area (Å²) in [4.78, 5) is 40.6. The van der Waals surface area contributed by atoms with Crippen molar-refractivity contribution in [2.75, 3.05) is 30.5 Å². The van der Waals surface area contributed by atoms with Gasteiger partial charge in [0.1, 0.15) is 11.8 Å². The molecule has 1 atom stereocenters. The van der Waals surface area contributed by atoms with Gasteiger partial charge >= 0.3 is 5.97 Å². The number of anilines is 2. The molecule has 1 N–H and O–H groups in total. The predicted octanol–water partition coefficient (Wildman–Crippen LogP) is 6.98. The number of para-hydroxylation sites is 1. The molecule has 5 rings (SSSR count). The maximum atomic E-state index is 13.2. The van der Waals surface area contributed by atoms with Crippen molar-refractivity contribution in [1.29, 1.82) is 0 Å². The first-order valence-corrected chi connectivity index (χ1v) is 15.1. The summed E-state index contributed by atoms with van der Waals surface area (Å²) in [5.41, 5.74) is 3.35. The third kappa shape index (κ3) is 8.05. The number of carbonyl (C=O) groups is 3. The van der Waals surface area contributed by atoms with Crippen molar-refractivity contribution >= 4 is 40.6 Å². The summed E-state index contributed by atoms with van der Waals surface area (Å²) in [7, 11) is 1.35. The normalized spacial score (nSPS) is 13.0. The minimum atomic E-state index is -0.709. The molecule has 7 nitrogen and oxygen atoms in total. The van der Waals surface area contributed by atoms with Crippen molar-refractivity contribution in [3.05, 3.63) is 125 Å². The molecule has 4 aromatic carbocycles. The second kappa shape index (κ2) is 14.7. The second-order valence-electron chi connectivity index (χ2n) is 10.8. The molecule has 0 saturated heterocycles. The van der Waals surface area contributed by atoms with Crippen molar-refractivity contribution in [3.63, 3.8) is 0 Å². The Hall–Kier alpha value is -4.62. The zero-order valence-electron chi connectivity index (χ0n) is 24.6. The lowest BCUT2D eigenvalue weighted by Gasteiger charge is -2.23. The topological polar surface area (TPSA) is 84.9 Å². The smallest absolute Gasteiger partial charge is 0.328 e. The van der Waals surface area contributed by atoms with Crippen LogP contribution >= 0.6 is 11.6 Å². The second-order valence-corrected chi connectivity index (χ2v) is 11.2. The highest BCUT2D eigenvalue weighted by molar-refractivity contribution is 6.30. The van der Waals surface area contributed by atoms with E-state index >= 15 is 0 Å². The van der Waals surface area contributed by atoms with E-state index < -0.39 is 12.0 Å². The predicted molar refractivity (Wildman–Crippen MR) is 173 cm³/mol. The molecule has 0 aliphatic heterocycles. The molecule has 0 aromatic heterocycles. The van der Waals surface area contributed by atoms with Gasteiger partial charge in [0.05, 0.1) is 13.7 Å². The standard InChI is InChI=1S/C36H35ClN2O5/c1-43-36(42)33(38-32-11-6-5-10-31(32)34(40)26-8-3-2-4-9-26)24-25-12-20-30(21-13-25)44-23-7-22-39(35(41)27-14-15-27)29-18-16-28(37)17-19-29/h2-6,8-13,16-21,27,33,38H,7,14-15,22-24H2,1H3. The van der Waals surface area contributed by atoms with Crippen LogP contribution in [0.3, 0.4) is 0 Å². The number of hydrogen-bond acceptors (Lipinski definition) is 6. The van der Waals surface area contributed by atoms with Gasteiger partial charge in [-0.05, 0) is 73.4 Å². The monoisotopic (exact) mass is 610 g/mol. The molecule has 1 fully saturated rings. The summed E-state index contributed by atoms with van der Waals surface area (Å²) in [6.07, 6.45) is 2.89. The SMILES string of the molecule is COC(=O)C(Cc1ccc(OCCCN(C(=O)C2CC2)c2ccc(Cl)cc2)cc1)Nc1ccccc1C(=O)c1ccccc1. The number of nitrogens with zero attached hydrogens (tertiary/aromatic N) is 1. The van der Waals surface area contributed by atoms with Crippen LogP contribution in [0.15, 0.2) is 103 Å². The first kappa shape index (κ1) is 30.8. The minimum Gasteiger partial charge on any atom is -0.494 e. The number of halogens is 1. The van der Waals surface area contributed by atoms with E-state index in [0.29, 0.717) is 53.6 Å². The molecular formula is C36H35ClN2O5. The molecule has 0 spiro atoms. The van der Waals surface area contributed by atoms with Crippen molar-refractivity contribution < 1.29 is 23.9 Å². The van der Waals surface area contributed by atoms with E-state index in [2.05, 4.69) is 5.32 Å². The number of nitrogens with one attached hydrogen (secondary N) is 1. The summed E-state index contributed by atoms with van der Waals surface area (Å²) in [5, 5.41) is 3.87. The van der Waals surface area contributed by atoms with Gasteiger partial charge in [0, 0.05) is 46.4 Å². The van der Waals surface area contributed by atoms with Crippen LogP contribution < -0.4 is 15.0 Å². The molecule has 0 bridgehead atoms. The molecule has 44 heavy (non-hydrogen) atoms. The van der Waals surface area contributed by atoms with Gasteiger partial charge in [-0.2, -0.15) is 0 Å². The van der Waals surface area contributed by atoms with Crippen molar-refractivity contribution in [2.45, 2.75) is 31.7 Å². The molecule has 0 radical (unpaired) electrons. The Bertz CT molecular complexity index is 1570. The van der Waals surface area contributed by atoms with E-state index in [4.69, 9.17) is 21.1 Å². The number of amides is 1. The van der Waals surface area contributed by atoms with Crippen LogP contribution in [0, 0.1) is 5.92 Å². The van der Waals surface area contributed by atoms with Gasteiger partial charge < -0.3 is 19.7 Å². The van der Waals surface area contributed by atoms with Gasteiger partial charge in [-0.1, -0.05) is 66.2 Å². The highest BCUT2D eigenvalue weighted by atomic mass is 35.5. The number of benzene rings is 4. The van der Waals surface area contributed by atoms with Gasteiger partial charge in [-0.25, -0.2) is 4.79 Å². The number of ketones is 1. The average molecular weight is 611 g/mol. The Morgan fingerprint density at radius 1 is 0.886 bits per heavy atom. The van der Waals surface area contributed by atoms with E-state index in [1.807, 2.05) is 65.6 Å². The van der Waals surface area contributed by atoms with E-state index in [-0.39, 0.29) is 17.6 Å². The Balaban J connectivity index is 1.18. The summed E-state index contributed by atoms with van der Waals surface area (Å²) in [5.74, 6) is 0.393. The fourth-order valence-corrected chi connectivity index (χ4v) is 5.11. The van der Waals surface area contributed by atoms with Crippen LogP contribution in [0.1, 0.15) is 40.7 Å². The third-order valence-electron chi connectivity index (χ3n) is 7.51. The zero-order valence-corrected chi connectivity index (χ0v) is 25.3. The Morgan fingerprint density at radius 3 is 2.25 bits per heavy atom. The van der Waals surface area contributed by atoms with E-state index in [1.54, 1.807) is 42.5 Å². The maximum absolute atomic E-state index is 13.2. The zero-order chi connectivity index (χ0) is 30.9. The number of ether oxygens (including phenoxy) is 2. The third-order valence-corrected chi connectivity index (χ3v) is 7.76.